The Morgan fingerprint density at radius 1 is 0.867 bits per heavy atom. The first kappa shape index (κ1) is 22.7. The topological polar surface area (TPSA) is 90.9 Å². The molecule has 0 aliphatic carbocycles. The van der Waals surface area contributed by atoms with Crippen LogP contribution in [0.1, 0.15) is 37.0 Å². The van der Waals surface area contributed by atoms with Gasteiger partial charge in [-0.3, -0.25) is 4.79 Å². The number of esters is 2. The Hall–Kier alpha value is -3.61. The van der Waals surface area contributed by atoms with Crippen LogP contribution in [0.25, 0.3) is 0 Å². The Bertz CT molecular complexity index is 892. The van der Waals surface area contributed by atoms with Crippen LogP contribution in [0.2, 0.25) is 0 Å². The Morgan fingerprint density at radius 2 is 1.50 bits per heavy atom. The molecule has 0 aliphatic heterocycles. The average molecular weight is 411 g/mol. The van der Waals surface area contributed by atoms with Crippen molar-refractivity contribution in [2.24, 2.45) is 0 Å². The van der Waals surface area contributed by atoms with Crippen LogP contribution in [0.15, 0.2) is 66.4 Å². The lowest BCUT2D eigenvalue weighted by atomic mass is 10.2. The number of rotatable bonds is 10. The molecular formula is C23H25NO6. The third kappa shape index (κ3) is 7.09. The van der Waals surface area contributed by atoms with Crippen molar-refractivity contribution in [1.29, 1.82) is 0 Å². The lowest BCUT2D eigenvalue weighted by molar-refractivity contribution is -0.143. The van der Waals surface area contributed by atoms with Crippen LogP contribution in [0.3, 0.4) is 0 Å². The Morgan fingerprint density at radius 3 is 2.20 bits per heavy atom. The number of carbonyl (C=O) groups excluding carboxylic acids is 3. The monoisotopic (exact) mass is 411 g/mol. The Labute approximate surface area is 175 Å². The first-order valence-corrected chi connectivity index (χ1v) is 9.74. The molecule has 2 aromatic carbocycles. The molecule has 0 aromatic heterocycles. The zero-order valence-corrected chi connectivity index (χ0v) is 17.1. The zero-order chi connectivity index (χ0) is 21.8. The van der Waals surface area contributed by atoms with Crippen molar-refractivity contribution in [2.45, 2.75) is 26.7 Å². The van der Waals surface area contributed by atoms with Crippen LogP contribution >= 0.6 is 0 Å². The van der Waals surface area contributed by atoms with E-state index >= 15 is 0 Å². The number of hydrogen-bond acceptors (Lipinski definition) is 6. The molecule has 158 valence electrons. The normalized spacial score (nSPS) is 10.8. The van der Waals surface area contributed by atoms with E-state index in [1.807, 2.05) is 19.9 Å². The van der Waals surface area contributed by atoms with E-state index in [-0.39, 0.29) is 30.6 Å². The molecule has 0 radical (unpaired) electrons. The van der Waals surface area contributed by atoms with Crippen molar-refractivity contribution >= 4 is 23.5 Å². The van der Waals surface area contributed by atoms with Gasteiger partial charge >= 0.3 is 11.9 Å². The minimum Gasteiger partial charge on any atom is -0.462 e. The third-order valence-corrected chi connectivity index (χ3v) is 3.73. The van der Waals surface area contributed by atoms with E-state index in [1.165, 1.54) is 0 Å². The van der Waals surface area contributed by atoms with Crippen molar-refractivity contribution in [3.05, 3.63) is 72.0 Å². The SMILES string of the molecule is CCCOC(=O)/C=C(\Oc1ccccc1NC(=O)c1ccccc1)C(=O)OCCC. The summed E-state index contributed by atoms with van der Waals surface area (Å²) < 4.78 is 15.8. The summed E-state index contributed by atoms with van der Waals surface area (Å²) in [6.45, 7) is 4.10. The van der Waals surface area contributed by atoms with Gasteiger partial charge < -0.3 is 19.5 Å². The number of nitrogens with one attached hydrogen (secondary N) is 1. The van der Waals surface area contributed by atoms with Gasteiger partial charge in [0.15, 0.2) is 5.75 Å². The van der Waals surface area contributed by atoms with E-state index < -0.39 is 11.9 Å². The summed E-state index contributed by atoms with van der Waals surface area (Å²) in [6.07, 6.45) is 2.21. The summed E-state index contributed by atoms with van der Waals surface area (Å²) >= 11 is 0. The molecule has 0 heterocycles. The molecule has 0 spiro atoms. The summed E-state index contributed by atoms with van der Waals surface area (Å²) in [6, 6.07) is 15.3. The average Bonchev–Trinajstić information content (AvgIpc) is 2.77. The van der Waals surface area contributed by atoms with Crippen LogP contribution in [0.5, 0.6) is 5.75 Å². The molecule has 0 fully saturated rings. The fourth-order valence-electron chi connectivity index (χ4n) is 2.31. The molecule has 2 rings (SSSR count). The number of amides is 1. The molecule has 1 N–H and O–H groups in total. The summed E-state index contributed by atoms with van der Waals surface area (Å²) in [5, 5.41) is 2.74. The first-order chi connectivity index (χ1) is 14.5. The van der Waals surface area contributed by atoms with Crippen LogP contribution in [0.4, 0.5) is 5.69 Å². The van der Waals surface area contributed by atoms with Gasteiger partial charge in [-0.2, -0.15) is 0 Å². The molecule has 7 nitrogen and oxygen atoms in total. The first-order valence-electron chi connectivity index (χ1n) is 9.74. The standard InChI is InChI=1S/C23H25NO6/c1-3-14-28-21(25)16-20(23(27)29-15-4-2)30-19-13-9-8-12-18(19)24-22(26)17-10-6-5-7-11-17/h5-13,16H,3-4,14-15H2,1-2H3,(H,24,26)/b20-16-. The van der Waals surface area contributed by atoms with Gasteiger partial charge in [0, 0.05) is 5.56 Å². The second kappa shape index (κ2) is 12.1. The molecular weight excluding hydrogens is 386 g/mol. The van der Waals surface area contributed by atoms with E-state index in [9.17, 15) is 14.4 Å². The molecule has 0 saturated heterocycles. The number of anilines is 1. The number of carbonyl (C=O) groups is 3. The maximum absolute atomic E-state index is 12.5. The van der Waals surface area contributed by atoms with Crippen LogP contribution in [-0.4, -0.2) is 31.1 Å². The Kier molecular flexibility index (Phi) is 9.12. The smallest absolute Gasteiger partial charge is 0.374 e. The fourth-order valence-corrected chi connectivity index (χ4v) is 2.31. The van der Waals surface area contributed by atoms with Gasteiger partial charge in [0.1, 0.15) is 0 Å². The van der Waals surface area contributed by atoms with Gasteiger partial charge in [-0.05, 0) is 37.1 Å². The highest BCUT2D eigenvalue weighted by Gasteiger charge is 2.19. The number of para-hydroxylation sites is 2. The summed E-state index contributed by atoms with van der Waals surface area (Å²) in [4.78, 5) is 36.8. The van der Waals surface area contributed by atoms with Crippen molar-refractivity contribution in [2.75, 3.05) is 18.5 Å². The highest BCUT2D eigenvalue weighted by molar-refractivity contribution is 6.05. The molecule has 2 aromatic rings. The van der Waals surface area contributed by atoms with E-state index in [0.717, 1.165) is 6.08 Å². The maximum atomic E-state index is 12.5. The second-order valence-electron chi connectivity index (χ2n) is 6.23. The predicted molar refractivity (Wildman–Crippen MR) is 112 cm³/mol. The van der Waals surface area contributed by atoms with Gasteiger partial charge in [0.05, 0.1) is 25.0 Å². The maximum Gasteiger partial charge on any atom is 0.374 e. The van der Waals surface area contributed by atoms with Crippen LogP contribution in [0, 0.1) is 0 Å². The van der Waals surface area contributed by atoms with Gasteiger partial charge in [-0.1, -0.05) is 44.2 Å². The van der Waals surface area contributed by atoms with Crippen LogP contribution < -0.4 is 10.1 Å². The summed E-state index contributed by atoms with van der Waals surface area (Å²) in [5.41, 5.74) is 0.802. The van der Waals surface area contributed by atoms with Crippen molar-refractivity contribution < 1.29 is 28.6 Å². The molecule has 0 saturated carbocycles. The van der Waals surface area contributed by atoms with Crippen molar-refractivity contribution in [1.82, 2.24) is 0 Å². The van der Waals surface area contributed by atoms with E-state index in [2.05, 4.69) is 5.32 Å². The van der Waals surface area contributed by atoms with E-state index in [1.54, 1.807) is 48.5 Å². The minimum atomic E-state index is -0.797. The van der Waals surface area contributed by atoms with Crippen molar-refractivity contribution in [3.63, 3.8) is 0 Å². The lowest BCUT2D eigenvalue weighted by Gasteiger charge is -2.14. The summed E-state index contributed by atoms with van der Waals surface area (Å²) in [7, 11) is 0. The second-order valence-corrected chi connectivity index (χ2v) is 6.23. The third-order valence-electron chi connectivity index (χ3n) is 3.73. The zero-order valence-electron chi connectivity index (χ0n) is 17.1. The quantitative estimate of drug-likeness (QED) is 0.359. The number of ether oxygens (including phenoxy) is 3. The Balaban J connectivity index is 2.24. The molecule has 0 bridgehead atoms. The molecule has 1 amide bonds. The molecule has 0 atom stereocenters. The van der Waals surface area contributed by atoms with Gasteiger partial charge in [0.2, 0.25) is 5.76 Å². The van der Waals surface area contributed by atoms with Gasteiger partial charge in [-0.15, -0.1) is 0 Å². The lowest BCUT2D eigenvalue weighted by Crippen LogP contribution is -2.17. The highest BCUT2D eigenvalue weighted by Crippen LogP contribution is 2.26. The molecule has 0 aliphatic rings. The number of benzene rings is 2. The van der Waals surface area contributed by atoms with Gasteiger partial charge in [0.25, 0.3) is 5.91 Å². The largest absolute Gasteiger partial charge is 0.462 e. The summed E-state index contributed by atoms with van der Waals surface area (Å²) in [5.74, 6) is -2.00. The molecule has 30 heavy (non-hydrogen) atoms. The highest BCUT2D eigenvalue weighted by atomic mass is 16.6. The van der Waals surface area contributed by atoms with Crippen LogP contribution in [-0.2, 0) is 19.1 Å². The predicted octanol–water partition coefficient (Wildman–Crippen LogP) is 4.11. The van der Waals surface area contributed by atoms with E-state index in [0.29, 0.717) is 24.1 Å². The minimum absolute atomic E-state index is 0.177. The van der Waals surface area contributed by atoms with Crippen molar-refractivity contribution in [3.8, 4) is 5.75 Å². The van der Waals surface area contributed by atoms with E-state index in [4.69, 9.17) is 14.2 Å². The molecule has 0 unspecified atom stereocenters. The van der Waals surface area contributed by atoms with Gasteiger partial charge in [-0.25, -0.2) is 9.59 Å². The fraction of sp³-hybridized carbons (Fsp3) is 0.261. The number of hydrogen-bond donors (Lipinski definition) is 1. The molecule has 7 heteroatoms.